The Morgan fingerprint density at radius 3 is 3.08 bits per heavy atom. The van der Waals surface area contributed by atoms with E-state index in [0.29, 0.717) is 0 Å². The molecule has 4 heterocycles. The maximum Gasteiger partial charge on any atom is 0.212 e. The first-order valence-corrected chi connectivity index (χ1v) is 9.66. The highest BCUT2D eigenvalue weighted by Crippen LogP contribution is 2.33. The van der Waals surface area contributed by atoms with Crippen molar-refractivity contribution in [2.45, 2.75) is 24.4 Å². The van der Waals surface area contributed by atoms with Crippen LogP contribution in [0.15, 0.2) is 40.7 Å². The zero-order chi connectivity index (χ0) is 17.1. The number of aryl methyl sites for hydroxylation is 1. The molecule has 0 atom stereocenters. The number of nitrogens with one attached hydrogen (secondary N) is 2. The molecule has 7 nitrogen and oxygen atoms in total. The standard InChI is InChI=1S/C18H15N7S/c1-2-6-13-10(4-1)12(8-19-13)15-9-26-18-23-22-17(25(18)24-15)16-11-5-3-7-14(11)20-21-16/h1-2,4,6,8,19H,3,5,7,9H2,(H,20,21). The van der Waals surface area contributed by atoms with E-state index in [-0.39, 0.29) is 0 Å². The van der Waals surface area contributed by atoms with Crippen molar-refractivity contribution in [2.24, 2.45) is 5.10 Å². The van der Waals surface area contributed by atoms with Crippen molar-refractivity contribution in [1.29, 1.82) is 0 Å². The van der Waals surface area contributed by atoms with Gasteiger partial charge in [-0.25, -0.2) is 0 Å². The molecule has 0 fully saturated rings. The summed E-state index contributed by atoms with van der Waals surface area (Å²) in [5.74, 6) is 1.50. The lowest BCUT2D eigenvalue weighted by atomic mass is 10.1. The van der Waals surface area contributed by atoms with E-state index < -0.39 is 0 Å². The molecule has 0 radical (unpaired) electrons. The highest BCUT2D eigenvalue weighted by molar-refractivity contribution is 7.99. The van der Waals surface area contributed by atoms with Crippen molar-refractivity contribution < 1.29 is 0 Å². The third-order valence-corrected chi connectivity index (χ3v) is 6.02. The van der Waals surface area contributed by atoms with Gasteiger partial charge in [-0.05, 0) is 25.3 Å². The minimum absolute atomic E-state index is 0.726. The Balaban J connectivity index is 1.50. The third-order valence-electron chi connectivity index (χ3n) is 5.09. The van der Waals surface area contributed by atoms with Gasteiger partial charge < -0.3 is 4.98 Å². The second-order valence-electron chi connectivity index (χ2n) is 6.58. The van der Waals surface area contributed by atoms with Crippen molar-refractivity contribution in [1.82, 2.24) is 30.1 Å². The molecule has 1 aromatic carbocycles. The van der Waals surface area contributed by atoms with Gasteiger partial charge in [-0.15, -0.1) is 10.2 Å². The maximum absolute atomic E-state index is 4.89. The molecule has 0 unspecified atom stereocenters. The number of H-pyrrole nitrogens is 2. The van der Waals surface area contributed by atoms with Crippen molar-refractivity contribution in [3.8, 4) is 11.5 Å². The Bertz CT molecular complexity index is 1180. The molecule has 26 heavy (non-hydrogen) atoms. The molecule has 4 aromatic rings. The van der Waals surface area contributed by atoms with Gasteiger partial charge in [0.1, 0.15) is 5.69 Å². The van der Waals surface area contributed by atoms with Crippen molar-refractivity contribution in [2.75, 3.05) is 5.75 Å². The topological polar surface area (TPSA) is 87.5 Å². The zero-order valence-corrected chi connectivity index (χ0v) is 14.7. The molecule has 6 rings (SSSR count). The maximum atomic E-state index is 4.89. The van der Waals surface area contributed by atoms with Crippen LogP contribution in [0.1, 0.15) is 23.2 Å². The van der Waals surface area contributed by atoms with Crippen molar-refractivity contribution in [3.05, 3.63) is 47.3 Å². The van der Waals surface area contributed by atoms with Crippen LogP contribution in [0, 0.1) is 0 Å². The molecule has 0 bridgehead atoms. The number of para-hydroxylation sites is 1. The summed E-state index contributed by atoms with van der Waals surface area (Å²) in [6.07, 6.45) is 5.29. The highest BCUT2D eigenvalue weighted by atomic mass is 32.2. The summed E-state index contributed by atoms with van der Waals surface area (Å²) >= 11 is 1.66. The minimum atomic E-state index is 0.726. The number of thioether (sulfide) groups is 1. The van der Waals surface area contributed by atoms with Crippen LogP contribution < -0.4 is 0 Å². The van der Waals surface area contributed by atoms with Crippen molar-refractivity contribution >= 4 is 28.4 Å². The van der Waals surface area contributed by atoms with E-state index in [4.69, 9.17) is 5.10 Å². The molecule has 3 aromatic heterocycles. The van der Waals surface area contributed by atoms with Gasteiger partial charge in [0.2, 0.25) is 11.0 Å². The van der Waals surface area contributed by atoms with E-state index in [1.165, 1.54) is 16.6 Å². The first kappa shape index (κ1) is 14.3. The summed E-state index contributed by atoms with van der Waals surface area (Å²) in [5.41, 5.74) is 6.65. The van der Waals surface area contributed by atoms with Gasteiger partial charge in [0.05, 0.1) is 5.71 Å². The van der Waals surface area contributed by atoms with Crippen LogP contribution >= 0.6 is 11.8 Å². The fourth-order valence-electron chi connectivity index (χ4n) is 3.82. The Morgan fingerprint density at radius 1 is 1.12 bits per heavy atom. The second kappa shape index (κ2) is 5.31. The van der Waals surface area contributed by atoms with Gasteiger partial charge in [0.25, 0.3) is 0 Å². The Morgan fingerprint density at radius 2 is 2.08 bits per heavy atom. The van der Waals surface area contributed by atoms with Crippen LogP contribution in [-0.2, 0) is 12.8 Å². The van der Waals surface area contributed by atoms with Crippen molar-refractivity contribution in [3.63, 3.8) is 0 Å². The highest BCUT2D eigenvalue weighted by Gasteiger charge is 2.27. The molecule has 8 heteroatoms. The van der Waals surface area contributed by atoms with Gasteiger partial charge in [0.15, 0.2) is 0 Å². The third kappa shape index (κ3) is 1.96. The lowest BCUT2D eigenvalue weighted by molar-refractivity contribution is 0.759. The van der Waals surface area contributed by atoms with Crippen LogP contribution in [0.25, 0.3) is 22.4 Å². The molecule has 1 aliphatic heterocycles. The molecule has 0 saturated heterocycles. The van der Waals surface area contributed by atoms with Gasteiger partial charge in [-0.3, -0.25) is 5.10 Å². The summed E-state index contributed by atoms with van der Waals surface area (Å²) in [6.45, 7) is 0. The largest absolute Gasteiger partial charge is 0.360 e. The van der Waals surface area contributed by atoms with Crippen LogP contribution in [0.3, 0.4) is 0 Å². The SMILES string of the molecule is c1ccc2c(C3=Nn4c(nnc4-c4n[nH]c5c4CCC5)SC3)c[nH]c2c1. The average molecular weight is 361 g/mol. The summed E-state index contributed by atoms with van der Waals surface area (Å²) in [5, 5.41) is 23.3. The Kier molecular flexibility index (Phi) is 2.92. The Labute approximate surface area is 152 Å². The van der Waals surface area contributed by atoms with Gasteiger partial charge >= 0.3 is 0 Å². The lowest BCUT2D eigenvalue weighted by Gasteiger charge is -2.13. The molecule has 128 valence electrons. The number of nitrogens with zero attached hydrogens (tertiary/aromatic N) is 5. The van der Waals surface area contributed by atoms with Crippen LogP contribution in [-0.4, -0.2) is 41.5 Å². The van der Waals surface area contributed by atoms with Gasteiger partial charge in [-0.2, -0.15) is 14.9 Å². The number of aromatic nitrogens is 6. The number of fused-ring (bicyclic) bond motifs is 3. The quantitative estimate of drug-likeness (QED) is 0.574. The number of hydrogen-bond donors (Lipinski definition) is 2. The van der Waals surface area contributed by atoms with Crippen LogP contribution in [0.5, 0.6) is 0 Å². The van der Waals surface area contributed by atoms with E-state index in [0.717, 1.165) is 58.5 Å². The van der Waals surface area contributed by atoms with Gasteiger partial charge in [0, 0.05) is 39.7 Å². The lowest BCUT2D eigenvalue weighted by Crippen LogP contribution is -2.13. The molecule has 0 saturated carbocycles. The minimum Gasteiger partial charge on any atom is -0.360 e. The smallest absolute Gasteiger partial charge is 0.212 e. The fourth-order valence-corrected chi connectivity index (χ4v) is 4.65. The predicted molar refractivity (Wildman–Crippen MR) is 101 cm³/mol. The molecule has 1 aliphatic carbocycles. The predicted octanol–water partition coefficient (Wildman–Crippen LogP) is 3.00. The summed E-state index contributed by atoms with van der Waals surface area (Å²) in [7, 11) is 0. The summed E-state index contributed by atoms with van der Waals surface area (Å²) < 4.78 is 1.85. The number of hydrogen-bond acceptors (Lipinski definition) is 5. The van der Waals surface area contributed by atoms with E-state index in [1.807, 2.05) is 16.9 Å². The summed E-state index contributed by atoms with van der Waals surface area (Å²) in [4.78, 5) is 3.33. The molecule has 2 N–H and O–H groups in total. The molecular weight excluding hydrogens is 346 g/mol. The monoisotopic (exact) mass is 361 g/mol. The summed E-state index contributed by atoms with van der Waals surface area (Å²) in [6, 6.07) is 8.29. The number of aromatic amines is 2. The first-order chi connectivity index (χ1) is 12.9. The molecule has 0 amide bonds. The van der Waals surface area contributed by atoms with E-state index in [1.54, 1.807) is 11.8 Å². The first-order valence-electron chi connectivity index (χ1n) is 8.67. The van der Waals surface area contributed by atoms with E-state index in [2.05, 4.69) is 43.6 Å². The molecular formula is C18H15N7S. The van der Waals surface area contributed by atoms with Crippen LogP contribution in [0.4, 0.5) is 0 Å². The fraction of sp³-hybridized carbons (Fsp3) is 0.222. The number of benzene rings is 1. The molecule has 2 aliphatic rings. The van der Waals surface area contributed by atoms with Gasteiger partial charge in [-0.1, -0.05) is 30.0 Å². The zero-order valence-electron chi connectivity index (χ0n) is 13.9. The second-order valence-corrected chi connectivity index (χ2v) is 7.53. The van der Waals surface area contributed by atoms with E-state index in [9.17, 15) is 0 Å². The van der Waals surface area contributed by atoms with E-state index >= 15 is 0 Å². The average Bonchev–Trinajstić information content (AvgIpc) is 3.43. The normalized spacial score (nSPS) is 15.9. The molecule has 0 spiro atoms. The van der Waals surface area contributed by atoms with Crippen LogP contribution in [0.2, 0.25) is 0 Å². The Hall–Kier alpha value is -2.87. The number of rotatable bonds is 2.